The molecule has 0 N–H and O–H groups in total. The first-order valence-electron chi connectivity index (χ1n) is 6.84. The Bertz CT molecular complexity index is 618. The fourth-order valence-electron chi connectivity index (χ4n) is 2.22. The summed E-state index contributed by atoms with van der Waals surface area (Å²) in [5, 5.41) is 2.98. The molecule has 1 aliphatic heterocycles. The van der Waals surface area contributed by atoms with Crippen molar-refractivity contribution in [2.24, 2.45) is 0 Å². The van der Waals surface area contributed by atoms with Crippen molar-refractivity contribution < 1.29 is 4.39 Å². The molecule has 1 aromatic heterocycles. The number of aromatic nitrogens is 1. The Morgan fingerprint density at radius 2 is 2.00 bits per heavy atom. The van der Waals surface area contributed by atoms with Gasteiger partial charge in [-0.05, 0) is 37.1 Å². The van der Waals surface area contributed by atoms with Crippen LogP contribution in [0.2, 0.25) is 0 Å². The third-order valence-corrected chi connectivity index (χ3v) is 5.85. The SMILES string of the molecule is Fc1ccc(-c2nc(CSC(=S)N3CCCC3)cs2)cc1. The van der Waals surface area contributed by atoms with E-state index in [0.29, 0.717) is 0 Å². The van der Waals surface area contributed by atoms with Crippen LogP contribution in [0.15, 0.2) is 29.6 Å². The molecule has 0 atom stereocenters. The average molecular weight is 338 g/mol. The molecule has 0 amide bonds. The van der Waals surface area contributed by atoms with Crippen LogP contribution in [0.4, 0.5) is 4.39 Å². The molecule has 1 aromatic carbocycles. The molecule has 1 saturated heterocycles. The number of thiazole rings is 1. The molecule has 0 radical (unpaired) electrons. The summed E-state index contributed by atoms with van der Waals surface area (Å²) in [4.78, 5) is 6.88. The van der Waals surface area contributed by atoms with Crippen molar-refractivity contribution in [3.8, 4) is 10.6 Å². The quantitative estimate of drug-likeness (QED) is 0.762. The molecule has 1 fully saturated rings. The highest BCUT2D eigenvalue weighted by Crippen LogP contribution is 2.26. The fraction of sp³-hybridized carbons (Fsp3) is 0.333. The van der Waals surface area contributed by atoms with Crippen LogP contribution >= 0.6 is 35.3 Å². The Labute approximate surface area is 137 Å². The van der Waals surface area contributed by atoms with Gasteiger partial charge in [-0.15, -0.1) is 11.3 Å². The van der Waals surface area contributed by atoms with E-state index in [9.17, 15) is 4.39 Å². The van der Waals surface area contributed by atoms with Gasteiger partial charge in [0.25, 0.3) is 0 Å². The molecule has 1 aliphatic rings. The number of halogens is 1. The number of hydrogen-bond donors (Lipinski definition) is 0. The molecular weight excluding hydrogens is 323 g/mol. The summed E-state index contributed by atoms with van der Waals surface area (Å²) in [6.45, 7) is 2.17. The molecule has 2 aromatic rings. The molecule has 0 spiro atoms. The number of nitrogens with zero attached hydrogens (tertiary/aromatic N) is 2. The van der Waals surface area contributed by atoms with Crippen molar-refractivity contribution in [3.05, 3.63) is 41.2 Å². The summed E-state index contributed by atoms with van der Waals surface area (Å²) in [6.07, 6.45) is 2.48. The third kappa shape index (κ3) is 3.81. The van der Waals surface area contributed by atoms with Crippen molar-refractivity contribution in [3.63, 3.8) is 0 Å². The summed E-state index contributed by atoms with van der Waals surface area (Å²) in [5.74, 6) is 0.578. The van der Waals surface area contributed by atoms with E-state index in [4.69, 9.17) is 12.2 Å². The summed E-state index contributed by atoms with van der Waals surface area (Å²) in [6, 6.07) is 6.46. The highest BCUT2D eigenvalue weighted by atomic mass is 32.2. The topological polar surface area (TPSA) is 16.1 Å². The molecule has 2 nitrogen and oxygen atoms in total. The normalized spacial score (nSPS) is 14.6. The maximum absolute atomic E-state index is 12.9. The maximum Gasteiger partial charge on any atom is 0.136 e. The minimum absolute atomic E-state index is 0.220. The Morgan fingerprint density at radius 3 is 2.71 bits per heavy atom. The van der Waals surface area contributed by atoms with Crippen LogP contribution in [0.25, 0.3) is 10.6 Å². The maximum atomic E-state index is 12.9. The van der Waals surface area contributed by atoms with Gasteiger partial charge in [-0.3, -0.25) is 0 Å². The van der Waals surface area contributed by atoms with Gasteiger partial charge in [0, 0.05) is 29.8 Å². The van der Waals surface area contributed by atoms with Crippen LogP contribution in [0.5, 0.6) is 0 Å². The third-order valence-electron chi connectivity index (χ3n) is 3.35. The number of thioether (sulfide) groups is 1. The van der Waals surface area contributed by atoms with Gasteiger partial charge >= 0.3 is 0 Å². The molecule has 6 heteroatoms. The Morgan fingerprint density at radius 1 is 1.29 bits per heavy atom. The zero-order valence-electron chi connectivity index (χ0n) is 11.4. The van der Waals surface area contributed by atoms with Gasteiger partial charge in [0.15, 0.2) is 0 Å². The Hall–Kier alpha value is -0.980. The van der Waals surface area contributed by atoms with E-state index in [0.717, 1.165) is 39.4 Å². The predicted octanol–water partition coefficient (Wildman–Crippen LogP) is 4.56. The van der Waals surface area contributed by atoms with Gasteiger partial charge in [-0.2, -0.15) is 0 Å². The highest BCUT2D eigenvalue weighted by Gasteiger charge is 2.15. The lowest BCUT2D eigenvalue weighted by Crippen LogP contribution is -2.23. The first kappa shape index (κ1) is 14.9. The summed E-state index contributed by atoms with van der Waals surface area (Å²) < 4.78 is 13.9. The molecule has 2 heterocycles. The second kappa shape index (κ2) is 6.85. The molecule has 0 aliphatic carbocycles. The van der Waals surface area contributed by atoms with Crippen LogP contribution in [0, 0.1) is 5.82 Å². The summed E-state index contributed by atoms with van der Waals surface area (Å²) in [7, 11) is 0. The van der Waals surface area contributed by atoms with E-state index in [1.807, 2.05) is 0 Å². The smallest absolute Gasteiger partial charge is 0.136 e. The number of thiocarbonyl (C=S) groups is 1. The van der Waals surface area contributed by atoms with Crippen molar-refractivity contribution in [1.29, 1.82) is 0 Å². The van der Waals surface area contributed by atoms with Crippen LogP contribution < -0.4 is 0 Å². The zero-order valence-corrected chi connectivity index (χ0v) is 13.9. The second-order valence-corrected chi connectivity index (χ2v) is 7.37. The van der Waals surface area contributed by atoms with E-state index in [2.05, 4.69) is 15.3 Å². The zero-order chi connectivity index (χ0) is 14.7. The number of rotatable bonds is 3. The fourth-order valence-corrected chi connectivity index (χ4v) is 4.30. The summed E-state index contributed by atoms with van der Waals surface area (Å²) >= 11 is 8.72. The minimum Gasteiger partial charge on any atom is -0.358 e. The molecular formula is C15H15FN2S3. The van der Waals surface area contributed by atoms with Crippen LogP contribution in [-0.2, 0) is 5.75 Å². The van der Waals surface area contributed by atoms with Crippen molar-refractivity contribution in [2.45, 2.75) is 18.6 Å². The van der Waals surface area contributed by atoms with Gasteiger partial charge < -0.3 is 4.90 Å². The Balaban J connectivity index is 1.60. The molecule has 0 bridgehead atoms. The van der Waals surface area contributed by atoms with Gasteiger partial charge in [0.05, 0.1) is 5.69 Å². The molecule has 21 heavy (non-hydrogen) atoms. The van der Waals surface area contributed by atoms with Crippen LogP contribution in [0.1, 0.15) is 18.5 Å². The Kier molecular flexibility index (Phi) is 4.87. The van der Waals surface area contributed by atoms with Crippen molar-refractivity contribution >= 4 is 39.6 Å². The molecule has 3 rings (SSSR count). The largest absolute Gasteiger partial charge is 0.358 e. The molecule has 110 valence electrons. The van der Waals surface area contributed by atoms with Gasteiger partial charge in [-0.1, -0.05) is 24.0 Å². The standard InChI is InChI=1S/C15H15FN2S3/c16-12-5-3-11(4-6-12)14-17-13(9-20-14)10-21-15(19)18-7-1-2-8-18/h3-6,9H,1-2,7-8,10H2. The lowest BCUT2D eigenvalue weighted by atomic mass is 10.2. The number of hydrogen-bond acceptors (Lipinski definition) is 4. The van der Waals surface area contributed by atoms with Crippen molar-refractivity contribution in [2.75, 3.05) is 13.1 Å². The van der Waals surface area contributed by atoms with Crippen molar-refractivity contribution in [1.82, 2.24) is 9.88 Å². The monoisotopic (exact) mass is 338 g/mol. The van der Waals surface area contributed by atoms with E-state index in [1.165, 1.54) is 25.0 Å². The predicted molar refractivity (Wildman–Crippen MR) is 92.2 cm³/mol. The van der Waals surface area contributed by atoms with Gasteiger partial charge in [-0.25, -0.2) is 9.37 Å². The summed E-state index contributed by atoms with van der Waals surface area (Å²) in [5.41, 5.74) is 1.99. The second-order valence-electron chi connectivity index (χ2n) is 4.90. The van der Waals surface area contributed by atoms with E-state index in [-0.39, 0.29) is 5.82 Å². The van der Waals surface area contributed by atoms with Crippen LogP contribution in [0.3, 0.4) is 0 Å². The number of likely N-dealkylation sites (tertiary alicyclic amines) is 1. The minimum atomic E-state index is -0.220. The lowest BCUT2D eigenvalue weighted by Gasteiger charge is -2.16. The lowest BCUT2D eigenvalue weighted by molar-refractivity contribution is 0.539. The number of benzene rings is 1. The molecule has 0 unspecified atom stereocenters. The van der Waals surface area contributed by atoms with Gasteiger partial charge in [0.2, 0.25) is 0 Å². The molecule has 0 saturated carbocycles. The first-order valence-corrected chi connectivity index (χ1v) is 9.12. The van der Waals surface area contributed by atoms with E-state index in [1.54, 1.807) is 35.2 Å². The highest BCUT2D eigenvalue weighted by molar-refractivity contribution is 8.22. The van der Waals surface area contributed by atoms with Crippen LogP contribution in [-0.4, -0.2) is 27.3 Å². The van der Waals surface area contributed by atoms with E-state index >= 15 is 0 Å². The average Bonchev–Trinajstić information content (AvgIpc) is 3.17. The van der Waals surface area contributed by atoms with E-state index < -0.39 is 0 Å². The first-order chi connectivity index (χ1) is 10.2. The van der Waals surface area contributed by atoms with Gasteiger partial charge in [0.1, 0.15) is 15.1 Å².